The van der Waals surface area contributed by atoms with Gasteiger partial charge in [-0.2, -0.15) is 0 Å². The van der Waals surface area contributed by atoms with Crippen LogP contribution in [0.1, 0.15) is 63.0 Å². The van der Waals surface area contributed by atoms with Crippen LogP contribution in [0.4, 0.5) is 4.79 Å². The zero-order chi connectivity index (χ0) is 18.9. The Bertz CT molecular complexity index is 723. The number of carbonyl (C=O) groups excluding carboxylic acids is 3. The Balaban J connectivity index is 1.35. The molecule has 2 aliphatic carbocycles. The molecule has 1 heterocycles. The first kappa shape index (κ1) is 18.0. The summed E-state index contributed by atoms with van der Waals surface area (Å²) in [6.45, 7) is 0.143. The van der Waals surface area contributed by atoms with Gasteiger partial charge in [-0.1, -0.05) is 49.6 Å². The van der Waals surface area contributed by atoms with E-state index in [4.69, 9.17) is 0 Å². The van der Waals surface area contributed by atoms with E-state index in [1.165, 1.54) is 4.90 Å². The monoisotopic (exact) mass is 369 g/mol. The number of hydrogen-bond acceptors (Lipinski definition) is 3. The van der Waals surface area contributed by atoms with Gasteiger partial charge in [-0.05, 0) is 37.2 Å². The van der Waals surface area contributed by atoms with Crippen LogP contribution in [0.25, 0.3) is 0 Å². The summed E-state index contributed by atoms with van der Waals surface area (Å²) in [5, 5.41) is 6.00. The molecular formula is C21H27N3O3. The second-order valence-electron chi connectivity index (χ2n) is 8.07. The first-order valence-corrected chi connectivity index (χ1v) is 10.1. The molecule has 144 valence electrons. The predicted molar refractivity (Wildman–Crippen MR) is 101 cm³/mol. The number of hydrogen-bond donors (Lipinski definition) is 2. The standard InChI is InChI=1S/C21H27N3O3/c25-17(22-18(16-9-10-16)15-7-3-1-4-8-15)11-14-24-19(26)21(23-20(24)27)12-5-2-6-13-21/h1,3-4,7-8,16,18H,2,5-6,9-14H2,(H,22,25)(H,23,27). The molecule has 4 rings (SSSR count). The number of benzene rings is 1. The van der Waals surface area contributed by atoms with Crippen LogP contribution in [0, 0.1) is 5.92 Å². The molecule has 1 aliphatic heterocycles. The molecule has 1 aromatic carbocycles. The van der Waals surface area contributed by atoms with E-state index in [-0.39, 0.29) is 36.9 Å². The quantitative estimate of drug-likeness (QED) is 0.757. The fourth-order valence-corrected chi connectivity index (χ4v) is 4.40. The molecule has 27 heavy (non-hydrogen) atoms. The maximum absolute atomic E-state index is 12.8. The number of imide groups is 1. The van der Waals surface area contributed by atoms with Crippen LogP contribution in [-0.4, -0.2) is 34.8 Å². The third kappa shape index (κ3) is 3.70. The Kier molecular flexibility index (Phi) is 4.89. The van der Waals surface area contributed by atoms with Crippen LogP contribution in [0.2, 0.25) is 0 Å². The third-order valence-electron chi connectivity index (χ3n) is 6.08. The number of rotatable bonds is 6. The number of nitrogens with one attached hydrogen (secondary N) is 2. The lowest BCUT2D eigenvalue weighted by atomic mass is 9.82. The summed E-state index contributed by atoms with van der Waals surface area (Å²) < 4.78 is 0. The van der Waals surface area contributed by atoms with Crippen LogP contribution in [0.3, 0.4) is 0 Å². The molecule has 1 spiro atoms. The number of carbonyl (C=O) groups is 3. The Labute approximate surface area is 159 Å². The molecular weight excluding hydrogens is 342 g/mol. The van der Waals surface area contributed by atoms with E-state index in [0.717, 1.165) is 37.7 Å². The lowest BCUT2D eigenvalue weighted by molar-refractivity contribution is -0.132. The molecule has 6 nitrogen and oxygen atoms in total. The molecule has 0 aromatic heterocycles. The van der Waals surface area contributed by atoms with E-state index < -0.39 is 5.54 Å². The fourth-order valence-electron chi connectivity index (χ4n) is 4.40. The van der Waals surface area contributed by atoms with Crippen LogP contribution < -0.4 is 10.6 Å². The third-order valence-corrected chi connectivity index (χ3v) is 6.08. The molecule has 1 unspecified atom stereocenters. The van der Waals surface area contributed by atoms with Gasteiger partial charge in [-0.3, -0.25) is 14.5 Å². The van der Waals surface area contributed by atoms with Gasteiger partial charge in [0.1, 0.15) is 5.54 Å². The molecule has 3 aliphatic rings. The highest BCUT2D eigenvalue weighted by molar-refractivity contribution is 6.07. The van der Waals surface area contributed by atoms with Crippen molar-refractivity contribution in [2.75, 3.05) is 6.54 Å². The zero-order valence-electron chi connectivity index (χ0n) is 15.6. The Morgan fingerprint density at radius 2 is 1.85 bits per heavy atom. The van der Waals surface area contributed by atoms with Crippen LogP contribution in [-0.2, 0) is 9.59 Å². The fraction of sp³-hybridized carbons (Fsp3) is 0.571. The second kappa shape index (κ2) is 7.33. The molecule has 6 heteroatoms. The molecule has 4 amide bonds. The highest BCUT2D eigenvalue weighted by atomic mass is 16.2. The summed E-state index contributed by atoms with van der Waals surface area (Å²) in [5.41, 5.74) is 0.399. The largest absolute Gasteiger partial charge is 0.349 e. The van der Waals surface area contributed by atoms with E-state index in [2.05, 4.69) is 10.6 Å². The molecule has 2 saturated carbocycles. The predicted octanol–water partition coefficient (Wildman–Crippen LogP) is 2.90. The Hall–Kier alpha value is -2.37. The molecule has 2 N–H and O–H groups in total. The minimum absolute atomic E-state index is 0.0199. The molecule has 0 radical (unpaired) electrons. The van der Waals surface area contributed by atoms with Gasteiger partial charge in [-0.15, -0.1) is 0 Å². The second-order valence-corrected chi connectivity index (χ2v) is 8.07. The van der Waals surface area contributed by atoms with Crippen molar-refractivity contribution in [1.82, 2.24) is 15.5 Å². The van der Waals surface area contributed by atoms with Gasteiger partial charge >= 0.3 is 6.03 Å². The van der Waals surface area contributed by atoms with Crippen molar-refractivity contribution in [3.63, 3.8) is 0 Å². The first-order valence-electron chi connectivity index (χ1n) is 10.1. The number of nitrogens with zero attached hydrogens (tertiary/aromatic N) is 1. The molecule has 0 bridgehead atoms. The van der Waals surface area contributed by atoms with E-state index in [1.54, 1.807) is 0 Å². The van der Waals surface area contributed by atoms with Gasteiger partial charge in [0.2, 0.25) is 5.91 Å². The SMILES string of the molecule is O=C(CCN1C(=O)NC2(CCCCC2)C1=O)NC(c1ccccc1)C1CC1. The number of amides is 4. The minimum atomic E-state index is -0.716. The van der Waals surface area contributed by atoms with E-state index in [1.807, 2.05) is 30.3 Å². The normalized spacial score (nSPS) is 22.6. The van der Waals surface area contributed by atoms with Crippen molar-refractivity contribution in [2.45, 2.75) is 62.9 Å². The van der Waals surface area contributed by atoms with Crippen molar-refractivity contribution in [1.29, 1.82) is 0 Å². The lowest BCUT2D eigenvalue weighted by Crippen LogP contribution is -2.48. The highest BCUT2D eigenvalue weighted by Gasteiger charge is 2.51. The molecule has 1 atom stereocenters. The van der Waals surface area contributed by atoms with Crippen LogP contribution in [0.15, 0.2) is 30.3 Å². The summed E-state index contributed by atoms with van der Waals surface area (Å²) in [7, 11) is 0. The highest BCUT2D eigenvalue weighted by Crippen LogP contribution is 2.41. The van der Waals surface area contributed by atoms with E-state index >= 15 is 0 Å². The van der Waals surface area contributed by atoms with Crippen molar-refractivity contribution in [2.24, 2.45) is 5.92 Å². The van der Waals surface area contributed by atoms with Crippen LogP contribution >= 0.6 is 0 Å². The number of urea groups is 1. The Morgan fingerprint density at radius 3 is 2.52 bits per heavy atom. The zero-order valence-corrected chi connectivity index (χ0v) is 15.6. The van der Waals surface area contributed by atoms with Crippen molar-refractivity contribution >= 4 is 17.8 Å². The van der Waals surface area contributed by atoms with Gasteiger partial charge in [0, 0.05) is 13.0 Å². The first-order chi connectivity index (χ1) is 13.1. The Morgan fingerprint density at radius 1 is 1.15 bits per heavy atom. The summed E-state index contributed by atoms with van der Waals surface area (Å²) >= 11 is 0. The van der Waals surface area contributed by atoms with E-state index in [9.17, 15) is 14.4 Å². The van der Waals surface area contributed by atoms with Gasteiger partial charge < -0.3 is 10.6 Å². The van der Waals surface area contributed by atoms with Crippen LogP contribution in [0.5, 0.6) is 0 Å². The van der Waals surface area contributed by atoms with Crippen molar-refractivity contribution in [3.05, 3.63) is 35.9 Å². The van der Waals surface area contributed by atoms with Crippen molar-refractivity contribution in [3.8, 4) is 0 Å². The summed E-state index contributed by atoms with van der Waals surface area (Å²) in [6.07, 6.45) is 6.82. The molecule has 3 fully saturated rings. The topological polar surface area (TPSA) is 78.5 Å². The molecule has 1 saturated heterocycles. The average molecular weight is 369 g/mol. The summed E-state index contributed by atoms with van der Waals surface area (Å²) in [6, 6.07) is 9.67. The van der Waals surface area contributed by atoms with E-state index in [0.29, 0.717) is 18.8 Å². The smallest absolute Gasteiger partial charge is 0.325 e. The van der Waals surface area contributed by atoms with Gasteiger partial charge in [0.05, 0.1) is 6.04 Å². The maximum atomic E-state index is 12.8. The van der Waals surface area contributed by atoms with Crippen molar-refractivity contribution < 1.29 is 14.4 Å². The lowest BCUT2D eigenvalue weighted by Gasteiger charge is -2.30. The van der Waals surface area contributed by atoms with Gasteiger partial charge in [0.25, 0.3) is 5.91 Å². The maximum Gasteiger partial charge on any atom is 0.325 e. The summed E-state index contributed by atoms with van der Waals surface area (Å²) in [4.78, 5) is 38.8. The van der Waals surface area contributed by atoms with Gasteiger partial charge in [0.15, 0.2) is 0 Å². The molecule has 1 aromatic rings. The minimum Gasteiger partial charge on any atom is -0.349 e. The summed E-state index contributed by atoms with van der Waals surface area (Å²) in [5.74, 6) is 0.223. The average Bonchev–Trinajstić information content (AvgIpc) is 3.49. The van der Waals surface area contributed by atoms with Gasteiger partial charge in [-0.25, -0.2) is 4.79 Å².